The molecule has 1 aromatic carbocycles. The first-order valence-electron chi connectivity index (χ1n) is 5.77. The maximum atomic E-state index is 2.47. The van der Waals surface area contributed by atoms with Crippen LogP contribution in [0.1, 0.15) is 17.9 Å². The summed E-state index contributed by atoms with van der Waals surface area (Å²) >= 11 is 0. The first-order valence-corrected chi connectivity index (χ1v) is 5.77. The van der Waals surface area contributed by atoms with Gasteiger partial charge >= 0.3 is 0 Å². The summed E-state index contributed by atoms with van der Waals surface area (Å²) in [6, 6.07) is 9.58. The average Bonchev–Trinajstić information content (AvgIpc) is 2.54. The standard InChI is InChI=1S/C13H18N2/c1-14-8-7-11-10-5-3-4-6-12(10)15(2)13(11)9-14/h3-6,11,13H,7-9H2,1-2H3/t11-,13-/m1/s1. The minimum atomic E-state index is 0.696. The SMILES string of the molecule is CN1CC[C@@H]2c3ccccc3N(C)[C@@H]2C1. The van der Waals surface area contributed by atoms with E-state index in [2.05, 4.69) is 48.2 Å². The van der Waals surface area contributed by atoms with Gasteiger partial charge in [0.1, 0.15) is 0 Å². The van der Waals surface area contributed by atoms with Crippen molar-refractivity contribution in [3.8, 4) is 0 Å². The molecule has 0 aliphatic carbocycles. The molecule has 0 saturated carbocycles. The number of nitrogens with zero attached hydrogens (tertiary/aromatic N) is 2. The predicted octanol–water partition coefficient (Wildman–Crippen LogP) is 1.92. The van der Waals surface area contributed by atoms with Crippen molar-refractivity contribution in [1.82, 2.24) is 4.90 Å². The molecule has 2 aliphatic heterocycles. The summed E-state index contributed by atoms with van der Waals surface area (Å²) in [5.41, 5.74) is 3.01. The molecule has 1 aromatic rings. The lowest BCUT2D eigenvalue weighted by Gasteiger charge is -2.36. The number of hydrogen-bond acceptors (Lipinski definition) is 2. The largest absolute Gasteiger partial charge is 0.369 e. The lowest BCUT2D eigenvalue weighted by Crippen LogP contribution is -2.45. The summed E-state index contributed by atoms with van der Waals surface area (Å²) < 4.78 is 0. The van der Waals surface area contributed by atoms with Crippen LogP contribution in [0.4, 0.5) is 5.69 Å². The minimum absolute atomic E-state index is 0.696. The van der Waals surface area contributed by atoms with Gasteiger partial charge in [-0.3, -0.25) is 0 Å². The van der Waals surface area contributed by atoms with Gasteiger partial charge in [-0.1, -0.05) is 18.2 Å². The van der Waals surface area contributed by atoms with Crippen molar-refractivity contribution in [2.45, 2.75) is 18.4 Å². The van der Waals surface area contributed by atoms with Crippen molar-refractivity contribution in [2.24, 2.45) is 0 Å². The van der Waals surface area contributed by atoms with Crippen LogP contribution >= 0.6 is 0 Å². The van der Waals surface area contributed by atoms with Gasteiger partial charge < -0.3 is 9.80 Å². The molecule has 0 aromatic heterocycles. The van der Waals surface area contributed by atoms with Gasteiger partial charge in [0.15, 0.2) is 0 Å². The van der Waals surface area contributed by atoms with E-state index in [1.165, 1.54) is 25.2 Å². The van der Waals surface area contributed by atoms with Gasteiger partial charge in [0.2, 0.25) is 0 Å². The van der Waals surface area contributed by atoms with Crippen LogP contribution in [0.25, 0.3) is 0 Å². The number of para-hydroxylation sites is 1. The average molecular weight is 202 g/mol. The molecule has 0 amide bonds. The topological polar surface area (TPSA) is 6.48 Å². The fourth-order valence-electron chi connectivity index (χ4n) is 3.15. The first-order chi connectivity index (χ1) is 7.27. The van der Waals surface area contributed by atoms with Gasteiger partial charge in [0.05, 0.1) is 0 Å². The molecular weight excluding hydrogens is 184 g/mol. The van der Waals surface area contributed by atoms with Crippen molar-refractivity contribution in [2.75, 3.05) is 32.1 Å². The highest BCUT2D eigenvalue weighted by molar-refractivity contribution is 5.61. The van der Waals surface area contributed by atoms with Crippen LogP contribution in [0.5, 0.6) is 0 Å². The van der Waals surface area contributed by atoms with Gasteiger partial charge in [-0.2, -0.15) is 0 Å². The van der Waals surface area contributed by atoms with Crippen LogP contribution in [0.2, 0.25) is 0 Å². The summed E-state index contributed by atoms with van der Waals surface area (Å²) in [7, 11) is 4.47. The number of benzene rings is 1. The lowest BCUT2D eigenvalue weighted by atomic mass is 9.88. The van der Waals surface area contributed by atoms with E-state index in [-0.39, 0.29) is 0 Å². The molecule has 15 heavy (non-hydrogen) atoms. The monoisotopic (exact) mass is 202 g/mol. The van der Waals surface area contributed by atoms with Crippen LogP contribution in [0, 0.1) is 0 Å². The van der Waals surface area contributed by atoms with Gasteiger partial charge in [0.25, 0.3) is 0 Å². The van der Waals surface area contributed by atoms with E-state index in [1.54, 1.807) is 5.56 Å². The number of piperidine rings is 1. The molecule has 0 radical (unpaired) electrons. The van der Waals surface area contributed by atoms with E-state index in [4.69, 9.17) is 0 Å². The van der Waals surface area contributed by atoms with Gasteiger partial charge in [-0.25, -0.2) is 0 Å². The van der Waals surface area contributed by atoms with Crippen molar-refractivity contribution < 1.29 is 0 Å². The van der Waals surface area contributed by atoms with Crippen molar-refractivity contribution in [3.05, 3.63) is 29.8 Å². The highest BCUT2D eigenvalue weighted by Crippen LogP contribution is 2.43. The zero-order chi connectivity index (χ0) is 10.4. The van der Waals surface area contributed by atoms with E-state index in [0.29, 0.717) is 6.04 Å². The van der Waals surface area contributed by atoms with Crippen LogP contribution in [-0.2, 0) is 0 Å². The van der Waals surface area contributed by atoms with Crippen molar-refractivity contribution in [1.29, 1.82) is 0 Å². The molecule has 0 spiro atoms. The molecule has 0 bridgehead atoms. The summed E-state index contributed by atoms with van der Waals surface area (Å²) in [4.78, 5) is 4.92. The quantitative estimate of drug-likeness (QED) is 0.634. The summed E-state index contributed by atoms with van der Waals surface area (Å²) in [6.07, 6.45) is 1.31. The molecule has 0 N–H and O–H groups in total. The van der Waals surface area contributed by atoms with E-state index in [0.717, 1.165) is 5.92 Å². The fourth-order valence-corrected chi connectivity index (χ4v) is 3.15. The molecular formula is C13H18N2. The number of rotatable bonds is 0. The molecule has 2 nitrogen and oxygen atoms in total. The van der Waals surface area contributed by atoms with Crippen molar-refractivity contribution >= 4 is 5.69 Å². The number of fused-ring (bicyclic) bond motifs is 3. The Kier molecular flexibility index (Phi) is 1.99. The Morgan fingerprint density at radius 2 is 2.00 bits per heavy atom. The molecule has 2 heteroatoms. The third kappa shape index (κ3) is 1.28. The smallest absolute Gasteiger partial charge is 0.0483 e. The van der Waals surface area contributed by atoms with Crippen LogP contribution in [-0.4, -0.2) is 38.1 Å². The first kappa shape index (κ1) is 9.22. The van der Waals surface area contributed by atoms with Crippen molar-refractivity contribution in [3.63, 3.8) is 0 Å². The van der Waals surface area contributed by atoms with E-state index >= 15 is 0 Å². The normalized spacial score (nSPS) is 30.1. The molecule has 80 valence electrons. The Bertz CT molecular complexity index is 375. The molecule has 2 heterocycles. The predicted molar refractivity (Wildman–Crippen MR) is 63.5 cm³/mol. The number of hydrogen-bond donors (Lipinski definition) is 0. The highest BCUT2D eigenvalue weighted by Gasteiger charge is 2.38. The molecule has 2 atom stereocenters. The fraction of sp³-hybridized carbons (Fsp3) is 0.538. The second-order valence-electron chi connectivity index (χ2n) is 4.89. The third-order valence-electron chi connectivity index (χ3n) is 4.00. The second-order valence-corrected chi connectivity index (χ2v) is 4.89. The molecule has 3 rings (SSSR count). The number of likely N-dealkylation sites (tertiary alicyclic amines) is 1. The molecule has 1 fully saturated rings. The van der Waals surface area contributed by atoms with Gasteiger partial charge in [0, 0.05) is 31.2 Å². The maximum absolute atomic E-state index is 2.47. The number of likely N-dealkylation sites (N-methyl/N-ethyl adjacent to an activating group) is 2. The Morgan fingerprint density at radius 1 is 1.20 bits per heavy atom. The zero-order valence-corrected chi connectivity index (χ0v) is 9.48. The van der Waals surface area contributed by atoms with Crippen LogP contribution in [0.3, 0.4) is 0 Å². The van der Waals surface area contributed by atoms with E-state index < -0.39 is 0 Å². The Hall–Kier alpha value is -1.02. The summed E-state index contributed by atoms with van der Waals surface area (Å²) in [5.74, 6) is 0.766. The Balaban J connectivity index is 2.01. The highest BCUT2D eigenvalue weighted by atomic mass is 15.2. The van der Waals surface area contributed by atoms with Crippen LogP contribution < -0.4 is 4.90 Å². The minimum Gasteiger partial charge on any atom is -0.369 e. The summed E-state index contributed by atoms with van der Waals surface area (Å²) in [5, 5.41) is 0. The van der Waals surface area contributed by atoms with E-state index in [1.807, 2.05) is 0 Å². The lowest BCUT2D eigenvalue weighted by molar-refractivity contribution is 0.233. The van der Waals surface area contributed by atoms with E-state index in [9.17, 15) is 0 Å². The van der Waals surface area contributed by atoms with Crippen LogP contribution in [0.15, 0.2) is 24.3 Å². The second kappa shape index (κ2) is 3.24. The number of anilines is 1. The Labute approximate surface area is 91.5 Å². The van der Waals surface area contributed by atoms with Gasteiger partial charge in [-0.05, 0) is 31.6 Å². The van der Waals surface area contributed by atoms with Gasteiger partial charge in [-0.15, -0.1) is 0 Å². The molecule has 0 unspecified atom stereocenters. The molecule has 1 saturated heterocycles. The zero-order valence-electron chi connectivity index (χ0n) is 9.48. The molecule has 2 aliphatic rings. The maximum Gasteiger partial charge on any atom is 0.0483 e. The third-order valence-corrected chi connectivity index (χ3v) is 4.00. The Morgan fingerprint density at radius 3 is 2.87 bits per heavy atom. The summed E-state index contributed by atoms with van der Waals surface area (Å²) in [6.45, 7) is 2.44.